The number of hydrogen-bond donors (Lipinski definition) is 1. The predicted molar refractivity (Wildman–Crippen MR) is 165 cm³/mol. The summed E-state index contributed by atoms with van der Waals surface area (Å²) in [5.74, 6) is 2.06. The van der Waals surface area contributed by atoms with Gasteiger partial charge >= 0.3 is 5.97 Å². The summed E-state index contributed by atoms with van der Waals surface area (Å²) in [4.78, 5) is 16.3. The summed E-state index contributed by atoms with van der Waals surface area (Å²) in [5.41, 5.74) is 4.62. The average molecular weight is 577 g/mol. The number of nitrogens with zero attached hydrogens (tertiary/aromatic N) is 2. The molecule has 0 aliphatic rings. The number of benzene rings is 4. The van der Waals surface area contributed by atoms with Gasteiger partial charge in [-0.05, 0) is 61.4 Å². The summed E-state index contributed by atoms with van der Waals surface area (Å²) in [6, 6.07) is 29.5. The number of para-hydroxylation sites is 1. The van der Waals surface area contributed by atoms with E-state index in [2.05, 4.69) is 15.6 Å². The predicted octanol–water partition coefficient (Wildman–Crippen LogP) is 7.64. The summed E-state index contributed by atoms with van der Waals surface area (Å²) in [6.45, 7) is 4.48. The van der Waals surface area contributed by atoms with Gasteiger partial charge in [0.2, 0.25) is 5.89 Å². The summed E-state index contributed by atoms with van der Waals surface area (Å²) in [7, 11) is 1.62. The highest BCUT2D eigenvalue weighted by Crippen LogP contribution is 2.37. The normalized spacial score (nSPS) is 12.0. The van der Waals surface area contributed by atoms with Gasteiger partial charge < -0.3 is 28.3 Å². The van der Waals surface area contributed by atoms with Crippen LogP contribution in [0.3, 0.4) is 0 Å². The first kappa shape index (κ1) is 27.9. The molecular formula is C35H32N2O6. The van der Waals surface area contributed by atoms with Crippen LogP contribution < -0.4 is 14.2 Å². The zero-order valence-electron chi connectivity index (χ0n) is 24.2. The molecule has 8 heteroatoms. The molecule has 1 N–H and O–H groups in total. The Morgan fingerprint density at radius 1 is 0.930 bits per heavy atom. The van der Waals surface area contributed by atoms with Gasteiger partial charge in [-0.1, -0.05) is 55.5 Å². The zero-order chi connectivity index (χ0) is 29.9. The lowest BCUT2D eigenvalue weighted by molar-refractivity contribution is -0.145. The Balaban J connectivity index is 1.28. The smallest absolute Gasteiger partial charge is 0.344 e. The van der Waals surface area contributed by atoms with Gasteiger partial charge in [-0.3, -0.25) is 0 Å². The lowest BCUT2D eigenvalue weighted by Crippen LogP contribution is -2.25. The van der Waals surface area contributed by atoms with Crippen LogP contribution in [0.4, 0.5) is 0 Å². The van der Waals surface area contributed by atoms with Gasteiger partial charge in [0.15, 0.2) is 17.6 Å². The second-order valence-electron chi connectivity index (χ2n) is 10.3. The molecular weight excluding hydrogens is 544 g/mol. The zero-order valence-corrected chi connectivity index (χ0v) is 24.2. The molecule has 0 aliphatic carbocycles. The molecule has 6 rings (SSSR count). The minimum absolute atomic E-state index is 0.239. The van der Waals surface area contributed by atoms with Gasteiger partial charge in [-0.25, -0.2) is 9.78 Å². The topological polar surface area (TPSA) is 96.0 Å². The van der Waals surface area contributed by atoms with Crippen LogP contribution in [0, 0.1) is 6.92 Å². The summed E-state index contributed by atoms with van der Waals surface area (Å²) >= 11 is 0. The maximum atomic E-state index is 11.7. The molecule has 1 unspecified atom stereocenters. The lowest BCUT2D eigenvalue weighted by Gasteiger charge is -2.15. The van der Waals surface area contributed by atoms with E-state index in [1.807, 2.05) is 91.9 Å². The van der Waals surface area contributed by atoms with Crippen molar-refractivity contribution < 1.29 is 28.5 Å². The van der Waals surface area contributed by atoms with Crippen molar-refractivity contribution in [2.45, 2.75) is 39.5 Å². The molecule has 0 spiro atoms. The van der Waals surface area contributed by atoms with Crippen molar-refractivity contribution in [3.63, 3.8) is 0 Å². The number of aryl methyl sites for hydroxylation is 1. The number of ether oxygens (including phenoxy) is 3. The molecule has 0 amide bonds. The Labute approximate surface area is 249 Å². The Morgan fingerprint density at radius 2 is 1.70 bits per heavy atom. The number of rotatable bonds is 11. The van der Waals surface area contributed by atoms with Gasteiger partial charge in [0.1, 0.15) is 23.8 Å². The van der Waals surface area contributed by atoms with E-state index in [0.29, 0.717) is 41.9 Å². The number of carboxylic acid groups (broad SMARTS) is 1. The largest absolute Gasteiger partial charge is 0.493 e. The number of aromatic nitrogens is 2. The highest BCUT2D eigenvalue weighted by atomic mass is 16.5. The molecule has 0 fully saturated rings. The van der Waals surface area contributed by atoms with Crippen LogP contribution in [-0.2, 0) is 17.9 Å². The molecule has 2 heterocycles. The second-order valence-corrected chi connectivity index (χ2v) is 10.3. The summed E-state index contributed by atoms with van der Waals surface area (Å²) in [6.07, 6.45) is -0.557. The Bertz CT molecular complexity index is 1910. The summed E-state index contributed by atoms with van der Waals surface area (Å²) < 4.78 is 25.9. The third kappa shape index (κ3) is 5.51. The number of methoxy groups -OCH3 is 1. The van der Waals surface area contributed by atoms with Gasteiger partial charge in [0.25, 0.3) is 0 Å². The number of aliphatic carboxylic acids is 1. The van der Waals surface area contributed by atoms with Crippen molar-refractivity contribution in [1.82, 2.24) is 9.55 Å². The van der Waals surface area contributed by atoms with Crippen molar-refractivity contribution >= 4 is 27.8 Å². The highest BCUT2D eigenvalue weighted by molar-refractivity contribution is 6.11. The van der Waals surface area contributed by atoms with Crippen LogP contribution in [0.2, 0.25) is 0 Å². The average Bonchev–Trinajstić information content (AvgIpc) is 3.57. The fourth-order valence-corrected chi connectivity index (χ4v) is 5.32. The molecule has 6 aromatic rings. The first-order valence-corrected chi connectivity index (χ1v) is 14.2. The third-order valence-corrected chi connectivity index (χ3v) is 7.52. The van der Waals surface area contributed by atoms with E-state index >= 15 is 0 Å². The Hall–Kier alpha value is -5.24. The molecule has 0 radical (unpaired) electrons. The van der Waals surface area contributed by atoms with Crippen molar-refractivity contribution in [2.24, 2.45) is 0 Å². The van der Waals surface area contributed by atoms with Gasteiger partial charge in [0.05, 0.1) is 12.6 Å². The molecule has 4 aromatic carbocycles. The third-order valence-electron chi connectivity index (χ3n) is 7.52. The fraction of sp³-hybridized carbons (Fsp3) is 0.200. The van der Waals surface area contributed by atoms with Crippen LogP contribution >= 0.6 is 0 Å². The van der Waals surface area contributed by atoms with E-state index in [9.17, 15) is 9.90 Å². The number of carbonyl (C=O) groups is 1. The minimum Gasteiger partial charge on any atom is -0.493 e. The number of hydrogen-bond acceptors (Lipinski definition) is 6. The first-order valence-electron chi connectivity index (χ1n) is 14.2. The van der Waals surface area contributed by atoms with E-state index < -0.39 is 12.1 Å². The number of carboxylic acids is 1. The molecule has 1 atom stereocenters. The molecule has 0 aliphatic heterocycles. The van der Waals surface area contributed by atoms with Crippen LogP contribution in [0.25, 0.3) is 33.3 Å². The van der Waals surface area contributed by atoms with E-state index in [1.54, 1.807) is 14.0 Å². The van der Waals surface area contributed by atoms with Crippen molar-refractivity contribution in [3.8, 4) is 28.7 Å². The van der Waals surface area contributed by atoms with Gasteiger partial charge in [0, 0.05) is 28.4 Å². The van der Waals surface area contributed by atoms with Crippen LogP contribution in [-0.4, -0.2) is 33.8 Å². The van der Waals surface area contributed by atoms with Gasteiger partial charge in [-0.2, -0.15) is 0 Å². The van der Waals surface area contributed by atoms with Crippen LogP contribution in [0.5, 0.6) is 17.2 Å². The van der Waals surface area contributed by atoms with E-state index in [1.165, 1.54) is 0 Å². The van der Waals surface area contributed by atoms with Crippen molar-refractivity contribution in [3.05, 3.63) is 108 Å². The summed E-state index contributed by atoms with van der Waals surface area (Å²) in [5, 5.41) is 11.5. The van der Waals surface area contributed by atoms with Crippen LogP contribution in [0.15, 0.2) is 95.4 Å². The van der Waals surface area contributed by atoms with E-state index in [0.717, 1.165) is 38.6 Å². The van der Waals surface area contributed by atoms with E-state index in [-0.39, 0.29) is 6.61 Å². The van der Waals surface area contributed by atoms with Gasteiger partial charge in [-0.15, -0.1) is 0 Å². The quantitative estimate of drug-likeness (QED) is 0.169. The highest BCUT2D eigenvalue weighted by Gasteiger charge is 2.21. The standard InChI is InChI=1S/C35H32N2O6/c1-4-29(35(38)39)43-31-16-10-15-28-33(31)25-13-8-9-14-27(25)37(28)20-23-17-18-30(32(19-23)40-3)41-21-26-22(2)42-34(36-26)24-11-6-5-7-12-24/h5-19,29H,4,20-21H2,1-3H3,(H,38,39). The molecule has 43 heavy (non-hydrogen) atoms. The van der Waals surface area contributed by atoms with E-state index in [4.69, 9.17) is 18.6 Å². The van der Waals surface area contributed by atoms with Crippen LogP contribution in [0.1, 0.15) is 30.4 Å². The number of fused-ring (bicyclic) bond motifs is 3. The SMILES string of the molecule is CCC(Oc1cccc2c1c1ccccc1n2Cc1ccc(OCc2nc(-c3ccccc3)oc2C)c(OC)c1)C(=O)O. The molecule has 8 nitrogen and oxygen atoms in total. The Kier molecular flexibility index (Phi) is 7.75. The van der Waals surface area contributed by atoms with Crippen molar-refractivity contribution in [2.75, 3.05) is 7.11 Å². The first-order chi connectivity index (χ1) is 21.0. The maximum absolute atomic E-state index is 11.7. The monoisotopic (exact) mass is 576 g/mol. The maximum Gasteiger partial charge on any atom is 0.344 e. The molecule has 0 bridgehead atoms. The Morgan fingerprint density at radius 3 is 2.47 bits per heavy atom. The molecule has 218 valence electrons. The molecule has 2 aromatic heterocycles. The number of oxazole rings is 1. The minimum atomic E-state index is -0.979. The second kappa shape index (κ2) is 11.9. The molecule has 0 saturated carbocycles. The lowest BCUT2D eigenvalue weighted by atomic mass is 10.1. The fourth-order valence-electron chi connectivity index (χ4n) is 5.32. The van der Waals surface area contributed by atoms with Crippen molar-refractivity contribution in [1.29, 1.82) is 0 Å². The molecule has 0 saturated heterocycles.